The van der Waals surface area contributed by atoms with Gasteiger partial charge in [-0.25, -0.2) is 5.43 Å². The number of carbonyl (C=O) groups is 1. The van der Waals surface area contributed by atoms with Gasteiger partial charge in [0.15, 0.2) is 0 Å². The van der Waals surface area contributed by atoms with Gasteiger partial charge in [-0.1, -0.05) is 23.2 Å². The number of carbonyl (C=O) groups excluding carboxylic acids is 1. The summed E-state index contributed by atoms with van der Waals surface area (Å²) < 4.78 is 5.38. The predicted octanol–water partition coefficient (Wildman–Crippen LogP) is 2.69. The zero-order valence-corrected chi connectivity index (χ0v) is 14.0. The Morgan fingerprint density at radius 2 is 1.78 bits per heavy atom. The molecule has 4 rings (SSSR count). The van der Waals surface area contributed by atoms with Crippen molar-refractivity contribution in [2.45, 2.75) is 12.8 Å². The van der Waals surface area contributed by atoms with Crippen LogP contribution in [0.3, 0.4) is 0 Å². The molecule has 0 bridgehead atoms. The number of halogens is 2. The number of nitrogens with zero attached hydrogens (tertiary/aromatic N) is 2. The van der Waals surface area contributed by atoms with Gasteiger partial charge in [-0.2, -0.15) is 5.10 Å². The average molecular weight is 354 g/mol. The lowest BCUT2D eigenvalue weighted by atomic mass is 9.68. The highest BCUT2D eigenvalue weighted by Crippen LogP contribution is 2.42. The summed E-state index contributed by atoms with van der Waals surface area (Å²) in [6, 6.07) is 3.81. The van der Waals surface area contributed by atoms with Crippen molar-refractivity contribution in [2.75, 3.05) is 31.2 Å². The lowest BCUT2D eigenvalue weighted by molar-refractivity contribution is -0.129. The number of nitrogens with one attached hydrogen (secondary N) is 1. The molecule has 0 aromatic heterocycles. The largest absolute Gasteiger partial charge is 0.378 e. The van der Waals surface area contributed by atoms with Crippen molar-refractivity contribution >= 4 is 40.5 Å². The van der Waals surface area contributed by atoms with E-state index >= 15 is 0 Å². The molecule has 1 aliphatic carbocycles. The van der Waals surface area contributed by atoms with Crippen LogP contribution in [0.2, 0.25) is 10.0 Å². The molecule has 2 fully saturated rings. The zero-order valence-electron chi connectivity index (χ0n) is 12.5. The van der Waals surface area contributed by atoms with E-state index in [0.29, 0.717) is 23.3 Å². The molecule has 1 N–H and O–H groups in total. The normalized spacial score (nSPS) is 27.0. The van der Waals surface area contributed by atoms with Gasteiger partial charge in [0, 0.05) is 30.5 Å². The lowest BCUT2D eigenvalue weighted by Crippen LogP contribution is -2.47. The van der Waals surface area contributed by atoms with Crippen molar-refractivity contribution in [1.82, 2.24) is 5.43 Å². The van der Waals surface area contributed by atoms with Gasteiger partial charge < -0.3 is 9.64 Å². The molecule has 2 heterocycles. The van der Waals surface area contributed by atoms with Crippen molar-refractivity contribution in [3.05, 3.63) is 27.7 Å². The number of hydrogen-bond donors (Lipinski definition) is 1. The van der Waals surface area contributed by atoms with Gasteiger partial charge in [0.25, 0.3) is 0 Å². The van der Waals surface area contributed by atoms with Crippen LogP contribution in [0.4, 0.5) is 5.69 Å². The highest BCUT2D eigenvalue weighted by Gasteiger charge is 2.43. The fourth-order valence-electron chi connectivity index (χ4n) is 3.50. The Morgan fingerprint density at radius 3 is 2.39 bits per heavy atom. The Bertz CT molecular complexity index is 663. The fraction of sp³-hybridized carbons (Fsp3) is 0.500. The maximum Gasteiger partial charge on any atom is 0.243 e. The van der Waals surface area contributed by atoms with Crippen molar-refractivity contribution in [2.24, 2.45) is 16.9 Å². The maximum atomic E-state index is 11.7. The summed E-state index contributed by atoms with van der Waals surface area (Å²) in [4.78, 5) is 13.9. The molecule has 0 radical (unpaired) electrons. The third kappa shape index (κ3) is 2.61. The molecule has 1 aromatic carbocycles. The summed E-state index contributed by atoms with van der Waals surface area (Å²) in [5, 5.41) is 5.49. The molecule has 1 amide bonds. The van der Waals surface area contributed by atoms with Gasteiger partial charge in [0.2, 0.25) is 5.91 Å². The Kier molecular flexibility index (Phi) is 3.95. The van der Waals surface area contributed by atoms with Crippen LogP contribution in [0, 0.1) is 11.8 Å². The zero-order chi connectivity index (χ0) is 16.0. The summed E-state index contributed by atoms with van der Waals surface area (Å²) in [6.07, 6.45) is 1.90. The molecule has 0 unspecified atom stereocenters. The van der Waals surface area contributed by atoms with Crippen LogP contribution in [-0.2, 0) is 9.53 Å². The molecule has 2 aliphatic heterocycles. The third-order valence-corrected chi connectivity index (χ3v) is 5.47. The number of amides is 1. The number of ether oxygens (including phenoxy) is 1. The summed E-state index contributed by atoms with van der Waals surface area (Å²) in [6.45, 7) is 2.91. The number of fused-ring (bicyclic) bond motifs is 1. The molecule has 5 nitrogen and oxygen atoms in total. The van der Waals surface area contributed by atoms with E-state index in [1.165, 1.54) is 0 Å². The minimum atomic E-state index is 0.0205. The first-order valence-electron chi connectivity index (χ1n) is 7.84. The molecule has 2 atom stereocenters. The van der Waals surface area contributed by atoms with Crippen LogP contribution in [0.25, 0.3) is 0 Å². The van der Waals surface area contributed by atoms with Crippen LogP contribution >= 0.6 is 23.2 Å². The first-order valence-corrected chi connectivity index (χ1v) is 8.60. The highest BCUT2D eigenvalue weighted by molar-refractivity contribution is 6.39. The lowest BCUT2D eigenvalue weighted by Gasteiger charge is -2.39. The second-order valence-electron chi connectivity index (χ2n) is 6.15. The molecule has 122 valence electrons. The number of morpholine rings is 1. The fourth-order valence-corrected chi connectivity index (χ4v) is 4.23. The summed E-state index contributed by atoms with van der Waals surface area (Å²) in [5.74, 6) is 0.247. The van der Waals surface area contributed by atoms with Gasteiger partial charge in [-0.15, -0.1) is 0 Å². The van der Waals surface area contributed by atoms with Crippen molar-refractivity contribution < 1.29 is 9.53 Å². The summed E-state index contributed by atoms with van der Waals surface area (Å²) >= 11 is 13.0. The second-order valence-corrected chi connectivity index (χ2v) is 6.97. The quantitative estimate of drug-likeness (QED) is 0.889. The smallest absolute Gasteiger partial charge is 0.243 e. The van der Waals surface area contributed by atoms with Crippen molar-refractivity contribution in [1.29, 1.82) is 0 Å². The standard InChI is InChI=1S/C16H17Cl2N3O2/c17-12-7-9(14-10-1-2-11(10)16(22)20-19-14)8-13(18)15(12)21-3-5-23-6-4-21/h7-8,10-11H,1-6H2,(H,20,22)/t10-,11+/m1/s1. The monoisotopic (exact) mass is 353 g/mol. The Balaban J connectivity index is 1.67. The van der Waals surface area contributed by atoms with E-state index in [1.54, 1.807) is 0 Å². The maximum absolute atomic E-state index is 11.7. The van der Waals surface area contributed by atoms with Crippen molar-refractivity contribution in [3.63, 3.8) is 0 Å². The molecule has 23 heavy (non-hydrogen) atoms. The number of rotatable bonds is 2. The molecule has 3 aliphatic rings. The van der Waals surface area contributed by atoms with Crippen molar-refractivity contribution in [3.8, 4) is 0 Å². The van der Waals surface area contributed by atoms with Gasteiger partial charge in [-0.3, -0.25) is 4.79 Å². The van der Waals surface area contributed by atoms with E-state index in [9.17, 15) is 4.79 Å². The Labute approximate surface area is 144 Å². The van der Waals surface area contributed by atoms with Gasteiger partial charge in [0.1, 0.15) is 0 Å². The highest BCUT2D eigenvalue weighted by atomic mass is 35.5. The van der Waals surface area contributed by atoms with Gasteiger partial charge >= 0.3 is 0 Å². The van der Waals surface area contributed by atoms with E-state index in [-0.39, 0.29) is 17.7 Å². The SMILES string of the molecule is O=C1NN=C(c2cc(Cl)c(N3CCOCC3)c(Cl)c2)[C@@H]2CC[C@H]12. The van der Waals surface area contributed by atoms with Crippen LogP contribution in [-0.4, -0.2) is 37.9 Å². The van der Waals surface area contributed by atoms with E-state index < -0.39 is 0 Å². The van der Waals surface area contributed by atoms with Gasteiger partial charge in [-0.05, 0) is 25.0 Å². The van der Waals surface area contributed by atoms with E-state index in [4.69, 9.17) is 27.9 Å². The molecule has 1 saturated carbocycles. The number of hydrogen-bond acceptors (Lipinski definition) is 4. The summed E-state index contributed by atoms with van der Waals surface area (Å²) in [7, 11) is 0. The summed E-state index contributed by atoms with van der Waals surface area (Å²) in [5.41, 5.74) is 5.25. The first-order chi connectivity index (χ1) is 11.1. The molecular formula is C16H17Cl2N3O2. The van der Waals surface area contributed by atoms with Crippen LogP contribution < -0.4 is 10.3 Å². The average Bonchev–Trinajstić information content (AvgIpc) is 2.49. The van der Waals surface area contributed by atoms with E-state index in [1.807, 2.05) is 12.1 Å². The van der Waals surface area contributed by atoms with Crippen LogP contribution in [0.1, 0.15) is 18.4 Å². The number of hydrazone groups is 1. The molecule has 1 saturated heterocycles. The number of anilines is 1. The van der Waals surface area contributed by atoms with E-state index in [0.717, 1.165) is 42.9 Å². The third-order valence-electron chi connectivity index (χ3n) is 4.89. The predicted molar refractivity (Wildman–Crippen MR) is 90.4 cm³/mol. The second kappa shape index (κ2) is 5.96. The first kappa shape index (κ1) is 15.2. The van der Waals surface area contributed by atoms with Crippen LogP contribution in [0.5, 0.6) is 0 Å². The topological polar surface area (TPSA) is 53.9 Å². The number of benzene rings is 1. The molecule has 0 spiro atoms. The Hall–Kier alpha value is -1.30. The molecule has 7 heteroatoms. The van der Waals surface area contributed by atoms with Crippen LogP contribution in [0.15, 0.2) is 17.2 Å². The van der Waals surface area contributed by atoms with E-state index in [2.05, 4.69) is 15.4 Å². The minimum absolute atomic E-state index is 0.0205. The molecule has 1 aromatic rings. The molecular weight excluding hydrogens is 337 g/mol. The Morgan fingerprint density at radius 1 is 1.13 bits per heavy atom. The minimum Gasteiger partial charge on any atom is -0.378 e. The van der Waals surface area contributed by atoms with Gasteiger partial charge in [0.05, 0.1) is 34.7 Å².